The van der Waals surface area contributed by atoms with E-state index in [4.69, 9.17) is 14.6 Å². The highest BCUT2D eigenvalue weighted by atomic mass is 16.6. The van der Waals surface area contributed by atoms with Crippen LogP contribution in [-0.4, -0.2) is 35.7 Å². The van der Waals surface area contributed by atoms with E-state index >= 15 is 0 Å². The number of esters is 1. The molecule has 0 unspecified atom stereocenters. The highest BCUT2D eigenvalue weighted by molar-refractivity contribution is 6.09. The summed E-state index contributed by atoms with van der Waals surface area (Å²) in [5.74, 6) is 0.206. The largest absolute Gasteiger partial charge is 0.494 e. The number of benzene rings is 2. The predicted molar refractivity (Wildman–Crippen MR) is 113 cm³/mol. The molecule has 0 saturated carbocycles. The molecule has 2 rings (SSSR count). The first kappa shape index (κ1) is 22.4. The van der Waals surface area contributed by atoms with Crippen molar-refractivity contribution in [2.45, 2.75) is 39.2 Å². The molecule has 0 heterocycles. The first-order valence-corrected chi connectivity index (χ1v) is 9.68. The highest BCUT2D eigenvalue weighted by Crippen LogP contribution is 2.17. The van der Waals surface area contributed by atoms with Gasteiger partial charge in [0.1, 0.15) is 11.4 Å². The second-order valence-corrected chi connectivity index (χ2v) is 7.62. The number of ketones is 1. The molecule has 154 valence electrons. The molecular formula is C24H28O5. The van der Waals surface area contributed by atoms with Gasteiger partial charge < -0.3 is 14.6 Å². The molecule has 2 aromatic carbocycles. The standard InChI is InChI=1S/C24H28O5/c1-24(2,3)29-22(26)15-8-18-6-9-19(10-7-18)23(27)20-11-13-21(14-12-20)28-17-5-4-16-25/h6-15,25H,4-5,16-17H2,1-3H3/b15-8+. The van der Waals surface area contributed by atoms with Crippen molar-refractivity contribution >= 4 is 17.8 Å². The van der Waals surface area contributed by atoms with E-state index < -0.39 is 11.6 Å². The maximum atomic E-state index is 12.6. The van der Waals surface area contributed by atoms with Crippen LogP contribution in [0.5, 0.6) is 5.75 Å². The van der Waals surface area contributed by atoms with Gasteiger partial charge in [-0.15, -0.1) is 0 Å². The number of hydrogen-bond acceptors (Lipinski definition) is 5. The van der Waals surface area contributed by atoms with Crippen molar-refractivity contribution in [3.05, 3.63) is 71.3 Å². The van der Waals surface area contributed by atoms with Gasteiger partial charge >= 0.3 is 5.97 Å². The third-order valence-electron chi connectivity index (χ3n) is 3.93. The van der Waals surface area contributed by atoms with Crippen LogP contribution < -0.4 is 4.74 Å². The van der Waals surface area contributed by atoms with Gasteiger partial charge in [0.05, 0.1) is 6.61 Å². The first-order valence-electron chi connectivity index (χ1n) is 9.68. The number of aliphatic hydroxyl groups excluding tert-OH is 1. The molecule has 2 aromatic rings. The zero-order chi connectivity index (χ0) is 21.3. The third kappa shape index (κ3) is 7.92. The molecule has 29 heavy (non-hydrogen) atoms. The van der Waals surface area contributed by atoms with E-state index in [0.29, 0.717) is 29.9 Å². The third-order valence-corrected chi connectivity index (χ3v) is 3.93. The monoisotopic (exact) mass is 396 g/mol. The summed E-state index contributed by atoms with van der Waals surface area (Å²) >= 11 is 0. The zero-order valence-electron chi connectivity index (χ0n) is 17.2. The van der Waals surface area contributed by atoms with Crippen LogP contribution in [0.4, 0.5) is 0 Å². The van der Waals surface area contributed by atoms with E-state index in [9.17, 15) is 9.59 Å². The zero-order valence-corrected chi connectivity index (χ0v) is 17.2. The molecule has 0 fully saturated rings. The van der Waals surface area contributed by atoms with E-state index in [-0.39, 0.29) is 12.4 Å². The van der Waals surface area contributed by atoms with Crippen LogP contribution in [0.3, 0.4) is 0 Å². The minimum Gasteiger partial charge on any atom is -0.494 e. The number of rotatable bonds is 9. The van der Waals surface area contributed by atoms with Crippen molar-refractivity contribution < 1.29 is 24.2 Å². The number of carbonyl (C=O) groups is 2. The van der Waals surface area contributed by atoms with Gasteiger partial charge in [0.25, 0.3) is 0 Å². The molecule has 0 saturated heterocycles. The molecule has 0 aliphatic rings. The number of hydrogen-bond donors (Lipinski definition) is 1. The van der Waals surface area contributed by atoms with Gasteiger partial charge in [-0.05, 0) is 69.5 Å². The van der Waals surface area contributed by atoms with Gasteiger partial charge in [-0.2, -0.15) is 0 Å². The van der Waals surface area contributed by atoms with Gasteiger partial charge in [0.2, 0.25) is 0 Å². The van der Waals surface area contributed by atoms with Crippen molar-refractivity contribution in [2.24, 2.45) is 0 Å². The number of unbranched alkanes of at least 4 members (excludes halogenated alkanes) is 1. The Bertz CT molecular complexity index is 827. The van der Waals surface area contributed by atoms with Gasteiger partial charge in [0.15, 0.2) is 5.78 Å². The Morgan fingerprint density at radius 2 is 1.52 bits per heavy atom. The SMILES string of the molecule is CC(C)(C)OC(=O)/C=C/c1ccc(C(=O)c2ccc(OCCCCO)cc2)cc1. The van der Waals surface area contributed by atoms with Gasteiger partial charge in [-0.3, -0.25) is 4.79 Å². The molecule has 5 heteroatoms. The Balaban J connectivity index is 1.95. The molecule has 1 N–H and O–H groups in total. The summed E-state index contributed by atoms with van der Waals surface area (Å²) in [6, 6.07) is 14.0. The lowest BCUT2D eigenvalue weighted by atomic mass is 10.0. The van der Waals surface area contributed by atoms with Gasteiger partial charge in [0, 0.05) is 23.8 Å². The topological polar surface area (TPSA) is 72.8 Å². The summed E-state index contributed by atoms with van der Waals surface area (Å²) in [6.45, 7) is 6.14. The lowest BCUT2D eigenvalue weighted by molar-refractivity contribution is -0.148. The predicted octanol–water partition coefficient (Wildman–Crippen LogP) is 4.42. The minimum atomic E-state index is -0.530. The van der Waals surface area contributed by atoms with E-state index in [1.807, 2.05) is 20.8 Å². The van der Waals surface area contributed by atoms with Crippen LogP contribution in [0.15, 0.2) is 54.6 Å². The molecule has 0 aliphatic carbocycles. The van der Waals surface area contributed by atoms with E-state index in [1.165, 1.54) is 6.08 Å². The lowest BCUT2D eigenvalue weighted by Crippen LogP contribution is -2.22. The molecule has 0 aromatic heterocycles. The number of aliphatic hydroxyl groups is 1. The van der Waals surface area contributed by atoms with Crippen LogP contribution in [-0.2, 0) is 9.53 Å². The molecule has 0 radical (unpaired) electrons. The average Bonchev–Trinajstić information content (AvgIpc) is 2.69. The molecule has 0 bridgehead atoms. The van der Waals surface area contributed by atoms with Crippen LogP contribution in [0.1, 0.15) is 55.1 Å². The van der Waals surface area contributed by atoms with Crippen molar-refractivity contribution in [1.82, 2.24) is 0 Å². The minimum absolute atomic E-state index is 0.0838. The molecule has 0 atom stereocenters. The Kier molecular flexibility index (Phi) is 8.16. The maximum Gasteiger partial charge on any atom is 0.331 e. The summed E-state index contributed by atoms with van der Waals surface area (Å²) < 4.78 is 10.8. The van der Waals surface area contributed by atoms with Crippen molar-refractivity contribution in [1.29, 1.82) is 0 Å². The molecular weight excluding hydrogens is 368 g/mol. The molecule has 5 nitrogen and oxygen atoms in total. The van der Waals surface area contributed by atoms with Crippen molar-refractivity contribution in [3.63, 3.8) is 0 Å². The van der Waals surface area contributed by atoms with Crippen LogP contribution >= 0.6 is 0 Å². The summed E-state index contributed by atoms with van der Waals surface area (Å²) in [6.07, 6.45) is 4.53. The average molecular weight is 396 g/mol. The quantitative estimate of drug-likeness (QED) is 0.294. The van der Waals surface area contributed by atoms with Crippen molar-refractivity contribution in [2.75, 3.05) is 13.2 Å². The fraction of sp³-hybridized carbons (Fsp3) is 0.333. The second kappa shape index (κ2) is 10.6. The van der Waals surface area contributed by atoms with E-state index in [0.717, 1.165) is 12.0 Å². The lowest BCUT2D eigenvalue weighted by Gasteiger charge is -2.17. The first-order chi connectivity index (χ1) is 13.8. The van der Waals surface area contributed by atoms with E-state index in [1.54, 1.807) is 54.6 Å². The molecule has 0 spiro atoms. The Morgan fingerprint density at radius 1 is 0.931 bits per heavy atom. The second-order valence-electron chi connectivity index (χ2n) is 7.62. The molecule has 0 aliphatic heterocycles. The van der Waals surface area contributed by atoms with Crippen molar-refractivity contribution in [3.8, 4) is 5.75 Å². The Labute approximate surface area is 172 Å². The molecule has 0 amide bonds. The maximum absolute atomic E-state index is 12.6. The van der Waals surface area contributed by atoms with Crippen LogP contribution in [0.2, 0.25) is 0 Å². The summed E-state index contributed by atoms with van der Waals surface area (Å²) in [5.41, 5.74) is 1.41. The summed E-state index contributed by atoms with van der Waals surface area (Å²) in [7, 11) is 0. The summed E-state index contributed by atoms with van der Waals surface area (Å²) in [4.78, 5) is 24.4. The van der Waals surface area contributed by atoms with Gasteiger partial charge in [-0.1, -0.05) is 24.3 Å². The van der Waals surface area contributed by atoms with Gasteiger partial charge in [-0.25, -0.2) is 4.79 Å². The highest BCUT2D eigenvalue weighted by Gasteiger charge is 2.14. The fourth-order valence-corrected chi connectivity index (χ4v) is 2.52. The normalized spacial score (nSPS) is 11.4. The van der Waals surface area contributed by atoms with Crippen LogP contribution in [0, 0.1) is 0 Å². The smallest absolute Gasteiger partial charge is 0.331 e. The number of ether oxygens (including phenoxy) is 2. The number of carbonyl (C=O) groups excluding carboxylic acids is 2. The Hall–Kier alpha value is -2.92. The van der Waals surface area contributed by atoms with Crippen LogP contribution in [0.25, 0.3) is 6.08 Å². The fourth-order valence-electron chi connectivity index (χ4n) is 2.52. The summed E-state index contributed by atoms with van der Waals surface area (Å²) in [5, 5.41) is 8.76. The Morgan fingerprint density at radius 3 is 2.07 bits per heavy atom. The van der Waals surface area contributed by atoms with E-state index in [2.05, 4.69) is 0 Å².